The zero-order chi connectivity index (χ0) is 26.9. The number of aldehydes is 1. The Bertz CT molecular complexity index is 874. The normalized spacial score (nSPS) is 17.8. The molecule has 3 rings (SSSR count). The number of hydrogen-bond acceptors (Lipinski definition) is 4. The maximum Gasteiger partial charge on any atom is 0.145 e. The number of methoxy groups -OCH3 is 1. The van der Waals surface area contributed by atoms with E-state index in [9.17, 15) is 9.90 Å². The molecule has 1 atom stereocenters. The number of hydrogen-bond donors (Lipinski definition) is 1. The van der Waals surface area contributed by atoms with Gasteiger partial charge in [0.15, 0.2) is 0 Å². The minimum Gasteiger partial charge on any atom is -0.489 e. The Kier molecular flexibility index (Phi) is 14.9. The summed E-state index contributed by atoms with van der Waals surface area (Å²) >= 11 is 0. The molecule has 37 heavy (non-hydrogen) atoms. The second kappa shape index (κ2) is 17.9. The highest BCUT2D eigenvalue weighted by atomic mass is 16.5. The molecule has 0 aliphatic heterocycles. The van der Waals surface area contributed by atoms with Crippen molar-refractivity contribution in [2.45, 2.75) is 90.1 Å². The van der Waals surface area contributed by atoms with Gasteiger partial charge in [0, 0.05) is 19.6 Å². The molecule has 0 aromatic heterocycles. The first-order chi connectivity index (χ1) is 18.0. The minimum atomic E-state index is 0.169. The van der Waals surface area contributed by atoms with Gasteiger partial charge in [-0.3, -0.25) is 4.79 Å². The van der Waals surface area contributed by atoms with Crippen LogP contribution in [0.3, 0.4) is 0 Å². The first kappa shape index (κ1) is 30.8. The van der Waals surface area contributed by atoms with Crippen molar-refractivity contribution in [2.75, 3.05) is 20.3 Å². The molecular weight excluding hydrogens is 460 g/mol. The van der Waals surface area contributed by atoms with Crippen molar-refractivity contribution in [1.82, 2.24) is 0 Å². The summed E-state index contributed by atoms with van der Waals surface area (Å²) in [5.74, 6) is 2.79. The van der Waals surface area contributed by atoms with Crippen molar-refractivity contribution in [3.8, 4) is 5.75 Å². The van der Waals surface area contributed by atoms with Crippen molar-refractivity contribution in [3.05, 3.63) is 77.4 Å². The molecule has 1 aliphatic rings. The van der Waals surface area contributed by atoms with E-state index in [1.807, 2.05) is 12.1 Å². The predicted molar refractivity (Wildman–Crippen MR) is 153 cm³/mol. The van der Waals surface area contributed by atoms with Gasteiger partial charge in [0.05, 0.1) is 6.61 Å². The largest absolute Gasteiger partial charge is 0.489 e. The maximum absolute atomic E-state index is 9.41. The minimum absolute atomic E-state index is 0.169. The summed E-state index contributed by atoms with van der Waals surface area (Å²) in [6, 6.07) is 17.3. The van der Waals surface area contributed by atoms with Gasteiger partial charge >= 0.3 is 0 Å². The van der Waals surface area contributed by atoms with E-state index in [2.05, 4.69) is 49.9 Å². The molecule has 1 fully saturated rings. The van der Waals surface area contributed by atoms with Gasteiger partial charge in [-0.25, -0.2) is 0 Å². The Hall–Kier alpha value is -2.43. The summed E-state index contributed by atoms with van der Waals surface area (Å²) < 4.78 is 11.3. The third-order valence-electron chi connectivity index (χ3n) is 7.32. The lowest BCUT2D eigenvalue weighted by atomic mass is 9.77. The Balaban J connectivity index is 0.000000877. The molecule has 1 aliphatic carbocycles. The first-order valence-corrected chi connectivity index (χ1v) is 14.0. The van der Waals surface area contributed by atoms with Gasteiger partial charge < -0.3 is 14.6 Å². The second-order valence-corrected chi connectivity index (χ2v) is 10.4. The average molecular weight is 509 g/mol. The van der Waals surface area contributed by atoms with Crippen molar-refractivity contribution in [3.63, 3.8) is 0 Å². The fourth-order valence-electron chi connectivity index (χ4n) is 5.06. The standard InChI is InChI=1S/C29H42O3.C4H6O/c1-3-4-5-6-23-7-11-25(12-8-23)26-13-9-24(10-14-26)21-32-29-17-15-27(16-18-29)28(19-20-30)22-31-2;1-4(2)3-5/h9-10,13-18,23,25,28,30H,3-8,11-12,19-22H2,1-2H3;3H,1H2,2H3. The molecule has 1 N–H and O–H groups in total. The van der Waals surface area contributed by atoms with E-state index in [1.165, 1.54) is 68.1 Å². The fraction of sp³-hybridized carbons (Fsp3) is 0.545. The van der Waals surface area contributed by atoms with E-state index in [-0.39, 0.29) is 12.5 Å². The molecule has 4 nitrogen and oxygen atoms in total. The number of allylic oxidation sites excluding steroid dienone is 1. The van der Waals surface area contributed by atoms with Crippen molar-refractivity contribution < 1.29 is 19.4 Å². The van der Waals surface area contributed by atoms with Gasteiger partial charge in [-0.15, -0.1) is 0 Å². The summed E-state index contributed by atoms with van der Waals surface area (Å²) in [7, 11) is 1.70. The Morgan fingerprint density at radius 1 is 1.05 bits per heavy atom. The van der Waals surface area contributed by atoms with E-state index >= 15 is 0 Å². The van der Waals surface area contributed by atoms with E-state index in [4.69, 9.17) is 9.47 Å². The zero-order valence-electron chi connectivity index (χ0n) is 23.3. The summed E-state index contributed by atoms with van der Waals surface area (Å²) in [6.07, 6.45) is 12.5. The average Bonchev–Trinajstić information content (AvgIpc) is 2.93. The molecule has 1 unspecified atom stereocenters. The predicted octanol–water partition coefficient (Wildman–Crippen LogP) is 7.99. The highest BCUT2D eigenvalue weighted by Gasteiger charge is 2.22. The number of ether oxygens (including phenoxy) is 2. The third kappa shape index (κ3) is 11.7. The topological polar surface area (TPSA) is 55.8 Å². The van der Waals surface area contributed by atoms with E-state index in [0.717, 1.165) is 23.9 Å². The monoisotopic (exact) mass is 508 g/mol. The van der Waals surface area contributed by atoms with Crippen LogP contribution >= 0.6 is 0 Å². The maximum atomic E-state index is 9.41. The fourth-order valence-corrected chi connectivity index (χ4v) is 5.06. The summed E-state index contributed by atoms with van der Waals surface area (Å²) in [4.78, 5) is 9.41. The zero-order valence-corrected chi connectivity index (χ0v) is 23.3. The SMILES string of the molecule is C=C(C)C=O.CCCCCC1CCC(c2ccc(COc3ccc(C(CCO)COC)cc3)cc2)CC1. The van der Waals surface area contributed by atoms with E-state index < -0.39 is 0 Å². The summed E-state index contributed by atoms with van der Waals surface area (Å²) in [5.41, 5.74) is 4.46. The van der Waals surface area contributed by atoms with Crippen LogP contribution in [-0.2, 0) is 16.1 Å². The highest BCUT2D eigenvalue weighted by Crippen LogP contribution is 2.37. The van der Waals surface area contributed by atoms with Gasteiger partial charge in [-0.1, -0.05) is 75.6 Å². The van der Waals surface area contributed by atoms with Crippen LogP contribution in [-0.4, -0.2) is 31.7 Å². The number of unbranched alkanes of at least 4 members (excludes halogenated alkanes) is 2. The molecule has 0 bridgehead atoms. The highest BCUT2D eigenvalue weighted by molar-refractivity contribution is 5.70. The number of aliphatic hydroxyl groups excluding tert-OH is 1. The van der Waals surface area contributed by atoms with Crippen molar-refractivity contribution in [1.29, 1.82) is 0 Å². The lowest BCUT2D eigenvalue weighted by Crippen LogP contribution is -2.13. The summed E-state index contributed by atoms with van der Waals surface area (Å²) in [5, 5.41) is 9.26. The van der Waals surface area contributed by atoms with Gasteiger partial charge in [-0.2, -0.15) is 0 Å². The van der Waals surface area contributed by atoms with Crippen LogP contribution < -0.4 is 4.74 Å². The molecule has 1 saturated carbocycles. The van der Waals surface area contributed by atoms with Crippen LogP contribution in [0.5, 0.6) is 5.75 Å². The Morgan fingerprint density at radius 2 is 1.70 bits per heavy atom. The lowest BCUT2D eigenvalue weighted by Gasteiger charge is -2.29. The summed E-state index contributed by atoms with van der Waals surface area (Å²) in [6.45, 7) is 8.63. The van der Waals surface area contributed by atoms with E-state index in [1.54, 1.807) is 14.0 Å². The molecule has 0 amide bonds. The van der Waals surface area contributed by atoms with Gasteiger partial charge in [0.2, 0.25) is 0 Å². The van der Waals surface area contributed by atoms with Gasteiger partial charge in [0.25, 0.3) is 0 Å². The Morgan fingerprint density at radius 3 is 2.24 bits per heavy atom. The second-order valence-electron chi connectivity index (χ2n) is 10.4. The third-order valence-corrected chi connectivity index (χ3v) is 7.32. The number of benzene rings is 2. The van der Waals surface area contributed by atoms with Crippen LogP contribution in [0.15, 0.2) is 60.7 Å². The number of rotatable bonds is 14. The van der Waals surface area contributed by atoms with Crippen molar-refractivity contribution in [2.24, 2.45) is 5.92 Å². The molecular formula is C33H48O4. The molecule has 204 valence electrons. The molecule has 2 aromatic carbocycles. The van der Waals surface area contributed by atoms with Crippen LogP contribution in [0.1, 0.15) is 100 Å². The number of carbonyl (C=O) groups excluding carboxylic acids is 1. The van der Waals surface area contributed by atoms with Crippen LogP contribution in [0.4, 0.5) is 0 Å². The molecule has 2 aromatic rings. The smallest absolute Gasteiger partial charge is 0.145 e. The number of carbonyl (C=O) groups is 1. The molecule has 0 saturated heterocycles. The van der Waals surface area contributed by atoms with Crippen LogP contribution in [0, 0.1) is 5.92 Å². The first-order valence-electron chi connectivity index (χ1n) is 14.0. The van der Waals surface area contributed by atoms with Crippen molar-refractivity contribution >= 4 is 6.29 Å². The molecule has 0 radical (unpaired) electrons. The van der Waals surface area contributed by atoms with Gasteiger partial charge in [0.1, 0.15) is 18.6 Å². The van der Waals surface area contributed by atoms with Crippen LogP contribution in [0.25, 0.3) is 0 Å². The van der Waals surface area contributed by atoms with Gasteiger partial charge in [-0.05, 0) is 85.3 Å². The van der Waals surface area contributed by atoms with E-state index in [0.29, 0.717) is 25.2 Å². The molecule has 4 heteroatoms. The number of aliphatic hydroxyl groups is 1. The Labute approximate surface area is 225 Å². The lowest BCUT2D eigenvalue weighted by molar-refractivity contribution is -0.104. The van der Waals surface area contributed by atoms with Crippen LogP contribution in [0.2, 0.25) is 0 Å². The molecule has 0 heterocycles. The molecule has 0 spiro atoms. The quantitative estimate of drug-likeness (QED) is 0.160.